The molecule has 0 N–H and O–H groups in total. The van der Waals surface area contributed by atoms with Gasteiger partial charge in [-0.2, -0.15) is 0 Å². The summed E-state index contributed by atoms with van der Waals surface area (Å²) < 4.78 is 0. The first-order chi connectivity index (χ1) is 8.58. The third-order valence-corrected chi connectivity index (χ3v) is 3.88. The molecule has 0 amide bonds. The van der Waals surface area contributed by atoms with Crippen LogP contribution in [-0.2, 0) is 0 Å². The average Bonchev–Trinajstić information content (AvgIpc) is 2.34. The first kappa shape index (κ1) is 12.8. The average molecular weight is 257 g/mol. The molecule has 1 aromatic heterocycles. The summed E-state index contributed by atoms with van der Waals surface area (Å²) in [6, 6.07) is 9.92. The van der Waals surface area contributed by atoms with E-state index in [-0.39, 0.29) is 5.78 Å². The van der Waals surface area contributed by atoms with E-state index in [1.807, 2.05) is 6.07 Å². The second-order valence-electron chi connectivity index (χ2n) is 4.28. The summed E-state index contributed by atoms with van der Waals surface area (Å²) >= 11 is 1.55. The van der Waals surface area contributed by atoms with E-state index in [9.17, 15) is 4.79 Å². The molecule has 2 nitrogen and oxygen atoms in total. The van der Waals surface area contributed by atoms with E-state index in [1.165, 1.54) is 11.1 Å². The highest BCUT2D eigenvalue weighted by Crippen LogP contribution is 2.31. The van der Waals surface area contributed by atoms with Crippen LogP contribution in [0.2, 0.25) is 0 Å². The van der Waals surface area contributed by atoms with Crippen molar-refractivity contribution in [1.82, 2.24) is 4.98 Å². The minimum atomic E-state index is 0.0518. The summed E-state index contributed by atoms with van der Waals surface area (Å²) in [4.78, 5) is 17.0. The number of Topliss-reactive ketones (excluding diaryl/α,β-unsaturated/α-hetero) is 1. The van der Waals surface area contributed by atoms with E-state index >= 15 is 0 Å². The Morgan fingerprint density at radius 2 is 2.00 bits per heavy atom. The third-order valence-electron chi connectivity index (χ3n) is 2.70. The second kappa shape index (κ2) is 5.36. The van der Waals surface area contributed by atoms with Gasteiger partial charge >= 0.3 is 0 Å². The lowest BCUT2D eigenvalue weighted by Gasteiger charge is -2.08. The van der Waals surface area contributed by atoms with Gasteiger partial charge in [0.05, 0.1) is 0 Å². The van der Waals surface area contributed by atoms with Crippen molar-refractivity contribution in [2.24, 2.45) is 0 Å². The predicted octanol–water partition coefficient (Wildman–Crippen LogP) is 4.05. The molecule has 1 aromatic carbocycles. The van der Waals surface area contributed by atoms with Gasteiger partial charge in [0.25, 0.3) is 0 Å². The largest absolute Gasteiger partial charge is 0.294 e. The minimum absolute atomic E-state index is 0.0518. The van der Waals surface area contributed by atoms with Crippen LogP contribution in [0, 0.1) is 13.8 Å². The molecular formula is C15H15NOS. The SMILES string of the molecule is CC(=O)c1cccnc1Sc1cc(C)ccc1C. The molecule has 18 heavy (non-hydrogen) atoms. The summed E-state index contributed by atoms with van der Waals surface area (Å²) in [6.07, 6.45) is 1.72. The van der Waals surface area contributed by atoms with Gasteiger partial charge in [-0.15, -0.1) is 0 Å². The van der Waals surface area contributed by atoms with Crippen LogP contribution in [0.5, 0.6) is 0 Å². The van der Waals surface area contributed by atoms with Gasteiger partial charge in [-0.1, -0.05) is 23.9 Å². The Morgan fingerprint density at radius 1 is 1.22 bits per heavy atom. The number of hydrogen-bond donors (Lipinski definition) is 0. The van der Waals surface area contributed by atoms with E-state index in [2.05, 4.69) is 37.0 Å². The number of nitrogens with zero attached hydrogens (tertiary/aromatic N) is 1. The fraction of sp³-hybridized carbons (Fsp3) is 0.200. The van der Waals surface area contributed by atoms with Crippen LogP contribution in [-0.4, -0.2) is 10.8 Å². The van der Waals surface area contributed by atoms with E-state index < -0.39 is 0 Å². The first-order valence-electron chi connectivity index (χ1n) is 5.79. The number of ketones is 1. The fourth-order valence-corrected chi connectivity index (χ4v) is 2.78. The zero-order chi connectivity index (χ0) is 13.1. The van der Waals surface area contributed by atoms with Crippen LogP contribution in [0.25, 0.3) is 0 Å². The number of rotatable bonds is 3. The van der Waals surface area contributed by atoms with Crippen LogP contribution >= 0.6 is 11.8 Å². The van der Waals surface area contributed by atoms with Gasteiger partial charge in [-0.05, 0) is 50.1 Å². The van der Waals surface area contributed by atoms with Crippen LogP contribution in [0.4, 0.5) is 0 Å². The van der Waals surface area contributed by atoms with Crippen LogP contribution in [0.1, 0.15) is 28.4 Å². The number of pyridine rings is 1. The topological polar surface area (TPSA) is 30.0 Å². The molecule has 0 fully saturated rings. The first-order valence-corrected chi connectivity index (χ1v) is 6.60. The number of benzene rings is 1. The van der Waals surface area contributed by atoms with Gasteiger partial charge in [0, 0.05) is 16.7 Å². The molecule has 0 aliphatic rings. The second-order valence-corrected chi connectivity index (χ2v) is 5.31. The lowest BCUT2D eigenvalue weighted by atomic mass is 10.2. The number of carbonyl (C=O) groups is 1. The fourth-order valence-electron chi connectivity index (χ4n) is 1.66. The lowest BCUT2D eigenvalue weighted by molar-refractivity contribution is 0.101. The van der Waals surface area contributed by atoms with E-state index in [0.29, 0.717) is 5.56 Å². The zero-order valence-corrected chi connectivity index (χ0v) is 11.5. The number of aromatic nitrogens is 1. The Morgan fingerprint density at radius 3 is 2.72 bits per heavy atom. The van der Waals surface area contributed by atoms with Crippen molar-refractivity contribution in [3.05, 3.63) is 53.2 Å². The molecule has 0 saturated carbocycles. The van der Waals surface area contributed by atoms with E-state index in [1.54, 1.807) is 30.9 Å². The van der Waals surface area contributed by atoms with Crippen molar-refractivity contribution in [2.45, 2.75) is 30.7 Å². The molecule has 0 spiro atoms. The highest BCUT2D eigenvalue weighted by Gasteiger charge is 2.10. The molecule has 2 rings (SSSR count). The molecule has 0 aliphatic heterocycles. The third kappa shape index (κ3) is 2.79. The summed E-state index contributed by atoms with van der Waals surface area (Å²) in [5.41, 5.74) is 3.09. The van der Waals surface area contributed by atoms with Gasteiger partial charge in [-0.3, -0.25) is 4.79 Å². The molecule has 3 heteroatoms. The summed E-state index contributed by atoms with van der Waals surface area (Å²) in [6.45, 7) is 5.70. The van der Waals surface area contributed by atoms with Crippen LogP contribution < -0.4 is 0 Å². The smallest absolute Gasteiger partial charge is 0.162 e. The summed E-state index contributed by atoms with van der Waals surface area (Å²) in [7, 11) is 0. The molecule has 1 heterocycles. The quantitative estimate of drug-likeness (QED) is 0.777. The Hall–Kier alpha value is -1.61. The van der Waals surface area contributed by atoms with Crippen molar-refractivity contribution >= 4 is 17.5 Å². The molecule has 0 radical (unpaired) electrons. The van der Waals surface area contributed by atoms with Crippen LogP contribution in [0.3, 0.4) is 0 Å². The molecule has 0 bridgehead atoms. The van der Waals surface area contributed by atoms with E-state index in [0.717, 1.165) is 9.92 Å². The Balaban J connectivity index is 2.40. The highest BCUT2D eigenvalue weighted by atomic mass is 32.2. The molecule has 0 unspecified atom stereocenters. The van der Waals surface area contributed by atoms with Crippen LogP contribution in [0.15, 0.2) is 46.5 Å². The van der Waals surface area contributed by atoms with Crippen molar-refractivity contribution in [1.29, 1.82) is 0 Å². The Bertz CT molecular complexity index is 593. The maximum Gasteiger partial charge on any atom is 0.162 e. The molecule has 0 aliphatic carbocycles. The standard InChI is InChI=1S/C15H15NOS/c1-10-6-7-11(2)14(9-10)18-15-13(12(3)17)5-4-8-16-15/h4-9H,1-3H3. The Kier molecular flexibility index (Phi) is 3.82. The molecule has 0 atom stereocenters. The van der Waals surface area contributed by atoms with Crippen molar-refractivity contribution in [3.8, 4) is 0 Å². The maximum atomic E-state index is 11.6. The van der Waals surface area contributed by atoms with Gasteiger partial charge in [0.2, 0.25) is 0 Å². The van der Waals surface area contributed by atoms with Crippen molar-refractivity contribution in [2.75, 3.05) is 0 Å². The highest BCUT2D eigenvalue weighted by molar-refractivity contribution is 7.99. The zero-order valence-electron chi connectivity index (χ0n) is 10.7. The Labute approximate surface area is 111 Å². The van der Waals surface area contributed by atoms with E-state index in [4.69, 9.17) is 0 Å². The monoisotopic (exact) mass is 257 g/mol. The normalized spacial score (nSPS) is 10.4. The number of carbonyl (C=O) groups excluding carboxylic acids is 1. The summed E-state index contributed by atoms with van der Waals surface area (Å²) in [5, 5.41) is 0.777. The molecule has 92 valence electrons. The number of hydrogen-bond acceptors (Lipinski definition) is 3. The van der Waals surface area contributed by atoms with Gasteiger partial charge < -0.3 is 0 Å². The van der Waals surface area contributed by atoms with Crippen molar-refractivity contribution < 1.29 is 4.79 Å². The maximum absolute atomic E-state index is 11.6. The molecule has 0 saturated heterocycles. The number of aryl methyl sites for hydroxylation is 2. The van der Waals surface area contributed by atoms with Crippen molar-refractivity contribution in [3.63, 3.8) is 0 Å². The van der Waals surface area contributed by atoms with Gasteiger partial charge in [0.15, 0.2) is 5.78 Å². The van der Waals surface area contributed by atoms with Gasteiger partial charge in [-0.25, -0.2) is 4.98 Å². The predicted molar refractivity (Wildman–Crippen MR) is 74.3 cm³/mol. The molecular weight excluding hydrogens is 242 g/mol. The summed E-state index contributed by atoms with van der Waals surface area (Å²) in [5.74, 6) is 0.0518. The molecule has 2 aromatic rings. The minimum Gasteiger partial charge on any atom is -0.294 e. The van der Waals surface area contributed by atoms with Gasteiger partial charge in [0.1, 0.15) is 5.03 Å². The lowest BCUT2D eigenvalue weighted by Crippen LogP contribution is -1.97.